The highest BCUT2D eigenvalue weighted by atomic mass is 16.5. The Morgan fingerprint density at radius 2 is 1.82 bits per heavy atom. The Kier molecular flexibility index (Phi) is 4.97. The van der Waals surface area contributed by atoms with Crippen LogP contribution in [0.25, 0.3) is 0 Å². The van der Waals surface area contributed by atoms with E-state index in [1.165, 1.54) is 0 Å². The highest BCUT2D eigenvalue weighted by Gasteiger charge is 2.31. The van der Waals surface area contributed by atoms with Gasteiger partial charge < -0.3 is 15.2 Å². The molecule has 0 spiro atoms. The van der Waals surface area contributed by atoms with Crippen LogP contribution in [0.3, 0.4) is 0 Å². The molecule has 3 heteroatoms. The normalized spacial score (nSPS) is 16.3. The first-order valence-corrected chi connectivity index (χ1v) is 6.10. The number of methoxy groups -OCH3 is 1. The van der Waals surface area contributed by atoms with Crippen LogP contribution < -0.4 is 10.5 Å². The highest BCUT2D eigenvalue weighted by Crippen LogP contribution is 2.30. The maximum absolute atomic E-state index is 6.30. The van der Waals surface area contributed by atoms with E-state index in [9.17, 15) is 0 Å². The van der Waals surface area contributed by atoms with Crippen molar-refractivity contribution in [1.82, 2.24) is 0 Å². The molecule has 1 aromatic carbocycles. The minimum absolute atomic E-state index is 0.127. The summed E-state index contributed by atoms with van der Waals surface area (Å²) < 4.78 is 10.9. The average Bonchev–Trinajstić information content (AvgIpc) is 2.38. The lowest BCUT2D eigenvalue weighted by Gasteiger charge is -2.34. The molecule has 2 N–H and O–H groups in total. The summed E-state index contributed by atoms with van der Waals surface area (Å²) in [4.78, 5) is 0. The molecule has 3 nitrogen and oxygen atoms in total. The lowest BCUT2D eigenvalue weighted by molar-refractivity contribution is -0.0472. The van der Waals surface area contributed by atoms with Crippen LogP contribution in [0.2, 0.25) is 0 Å². The zero-order chi connectivity index (χ0) is 12.9. The Morgan fingerprint density at radius 3 is 2.24 bits per heavy atom. The van der Waals surface area contributed by atoms with Gasteiger partial charge in [0.1, 0.15) is 5.75 Å². The molecular weight excluding hydrogens is 214 g/mol. The molecule has 1 aromatic rings. The Balaban J connectivity index is 2.89. The van der Waals surface area contributed by atoms with Crippen molar-refractivity contribution in [2.75, 3.05) is 13.7 Å². The predicted octanol–water partition coefficient (Wildman–Crippen LogP) is 2.90. The summed E-state index contributed by atoms with van der Waals surface area (Å²) >= 11 is 0. The largest absolute Gasteiger partial charge is 0.497 e. The third-order valence-electron chi connectivity index (χ3n) is 3.31. The van der Waals surface area contributed by atoms with Gasteiger partial charge in [0.05, 0.1) is 18.8 Å². The number of rotatable bonds is 6. The second kappa shape index (κ2) is 6.03. The molecule has 0 radical (unpaired) electrons. The quantitative estimate of drug-likeness (QED) is 0.827. The fraction of sp³-hybridized carbons (Fsp3) is 0.571. The standard InChI is InChI=1S/C14H23NO2/c1-5-14(3,17-6-2)13(15)11-7-9-12(16-4)10-8-11/h7-10,13H,5-6,15H2,1-4H3. The lowest BCUT2D eigenvalue weighted by atomic mass is 9.88. The molecule has 0 heterocycles. The Labute approximate surface area is 104 Å². The van der Waals surface area contributed by atoms with Crippen molar-refractivity contribution < 1.29 is 9.47 Å². The molecular formula is C14H23NO2. The summed E-state index contributed by atoms with van der Waals surface area (Å²) in [5.74, 6) is 0.843. The number of hydrogen-bond acceptors (Lipinski definition) is 3. The smallest absolute Gasteiger partial charge is 0.118 e. The van der Waals surface area contributed by atoms with E-state index in [0.29, 0.717) is 6.61 Å². The van der Waals surface area contributed by atoms with Gasteiger partial charge in [0.25, 0.3) is 0 Å². The van der Waals surface area contributed by atoms with Crippen molar-refractivity contribution in [3.63, 3.8) is 0 Å². The number of benzene rings is 1. The highest BCUT2D eigenvalue weighted by molar-refractivity contribution is 5.30. The van der Waals surface area contributed by atoms with Gasteiger partial charge in [0, 0.05) is 6.61 Å². The van der Waals surface area contributed by atoms with Crippen LogP contribution in [0.15, 0.2) is 24.3 Å². The van der Waals surface area contributed by atoms with Crippen LogP contribution in [-0.2, 0) is 4.74 Å². The minimum Gasteiger partial charge on any atom is -0.497 e. The van der Waals surface area contributed by atoms with Gasteiger partial charge in [-0.25, -0.2) is 0 Å². The molecule has 0 aliphatic carbocycles. The minimum atomic E-state index is -0.316. The van der Waals surface area contributed by atoms with Gasteiger partial charge in [-0.15, -0.1) is 0 Å². The van der Waals surface area contributed by atoms with Gasteiger partial charge in [-0.1, -0.05) is 19.1 Å². The maximum Gasteiger partial charge on any atom is 0.118 e. The first-order chi connectivity index (χ1) is 8.07. The van der Waals surface area contributed by atoms with E-state index in [-0.39, 0.29) is 11.6 Å². The van der Waals surface area contributed by atoms with Crippen LogP contribution in [0.4, 0.5) is 0 Å². The summed E-state index contributed by atoms with van der Waals surface area (Å²) in [7, 11) is 1.66. The fourth-order valence-corrected chi connectivity index (χ4v) is 1.91. The molecule has 0 aliphatic rings. The van der Waals surface area contributed by atoms with Gasteiger partial charge in [-0.2, -0.15) is 0 Å². The molecule has 2 atom stereocenters. The van der Waals surface area contributed by atoms with Gasteiger partial charge in [-0.05, 0) is 38.0 Å². The first-order valence-electron chi connectivity index (χ1n) is 6.10. The Hall–Kier alpha value is -1.06. The molecule has 2 unspecified atom stereocenters. The number of nitrogens with two attached hydrogens (primary N) is 1. The molecule has 96 valence electrons. The summed E-state index contributed by atoms with van der Waals surface area (Å²) in [5, 5.41) is 0. The van der Waals surface area contributed by atoms with E-state index in [4.69, 9.17) is 15.2 Å². The molecule has 0 saturated heterocycles. The van der Waals surface area contributed by atoms with Crippen LogP contribution in [-0.4, -0.2) is 19.3 Å². The summed E-state index contributed by atoms with van der Waals surface area (Å²) in [5.41, 5.74) is 7.05. The van der Waals surface area contributed by atoms with E-state index in [1.54, 1.807) is 7.11 Å². The summed E-state index contributed by atoms with van der Waals surface area (Å²) in [6.45, 7) is 6.83. The van der Waals surface area contributed by atoms with Crippen LogP contribution in [0.1, 0.15) is 38.8 Å². The molecule has 0 saturated carbocycles. The molecule has 17 heavy (non-hydrogen) atoms. The fourth-order valence-electron chi connectivity index (χ4n) is 1.91. The third kappa shape index (κ3) is 3.20. The van der Waals surface area contributed by atoms with Gasteiger partial charge in [0.15, 0.2) is 0 Å². The van der Waals surface area contributed by atoms with Gasteiger partial charge in [-0.3, -0.25) is 0 Å². The van der Waals surface area contributed by atoms with Crippen LogP contribution in [0.5, 0.6) is 5.75 Å². The Bertz CT molecular complexity index is 337. The lowest BCUT2D eigenvalue weighted by Crippen LogP contribution is -2.40. The first kappa shape index (κ1) is 14.0. The summed E-state index contributed by atoms with van der Waals surface area (Å²) in [6, 6.07) is 7.72. The predicted molar refractivity (Wildman–Crippen MR) is 70.2 cm³/mol. The second-order valence-electron chi connectivity index (χ2n) is 4.35. The molecule has 0 aliphatic heterocycles. The molecule has 0 bridgehead atoms. The average molecular weight is 237 g/mol. The zero-order valence-electron chi connectivity index (χ0n) is 11.2. The van der Waals surface area contributed by atoms with E-state index in [0.717, 1.165) is 17.7 Å². The third-order valence-corrected chi connectivity index (χ3v) is 3.31. The van der Waals surface area contributed by atoms with Crippen molar-refractivity contribution >= 4 is 0 Å². The molecule has 0 aromatic heterocycles. The molecule has 0 fully saturated rings. The number of ether oxygens (including phenoxy) is 2. The zero-order valence-corrected chi connectivity index (χ0v) is 11.2. The SMILES string of the molecule is CCOC(C)(CC)C(N)c1ccc(OC)cc1. The maximum atomic E-state index is 6.30. The van der Waals surface area contributed by atoms with Gasteiger partial charge in [0.2, 0.25) is 0 Å². The summed E-state index contributed by atoms with van der Waals surface area (Å²) in [6.07, 6.45) is 0.883. The molecule has 1 rings (SSSR count). The second-order valence-corrected chi connectivity index (χ2v) is 4.35. The molecule has 0 amide bonds. The van der Waals surface area contributed by atoms with E-state index in [1.807, 2.05) is 31.2 Å². The van der Waals surface area contributed by atoms with Crippen molar-refractivity contribution in [1.29, 1.82) is 0 Å². The van der Waals surface area contributed by atoms with Crippen molar-refractivity contribution in [3.05, 3.63) is 29.8 Å². The van der Waals surface area contributed by atoms with Crippen LogP contribution in [0, 0.1) is 0 Å². The monoisotopic (exact) mass is 237 g/mol. The Morgan fingerprint density at radius 1 is 1.24 bits per heavy atom. The van der Waals surface area contributed by atoms with E-state index < -0.39 is 0 Å². The van der Waals surface area contributed by atoms with Gasteiger partial charge >= 0.3 is 0 Å². The van der Waals surface area contributed by atoms with E-state index in [2.05, 4.69) is 13.8 Å². The van der Waals surface area contributed by atoms with E-state index >= 15 is 0 Å². The van der Waals surface area contributed by atoms with Crippen LogP contribution >= 0.6 is 0 Å². The van der Waals surface area contributed by atoms with Crippen molar-refractivity contribution in [3.8, 4) is 5.75 Å². The van der Waals surface area contributed by atoms with Crippen molar-refractivity contribution in [2.45, 2.75) is 38.8 Å². The van der Waals surface area contributed by atoms with Crippen molar-refractivity contribution in [2.24, 2.45) is 5.73 Å². The number of hydrogen-bond donors (Lipinski definition) is 1. The topological polar surface area (TPSA) is 44.5 Å².